The van der Waals surface area contributed by atoms with Gasteiger partial charge in [-0.2, -0.15) is 0 Å². The number of carbonyl (C=O) groups is 1. The average molecular weight is 436 g/mol. The van der Waals surface area contributed by atoms with E-state index < -0.39 is 0 Å². The van der Waals surface area contributed by atoms with E-state index in [1.807, 2.05) is 68.4 Å². The van der Waals surface area contributed by atoms with Gasteiger partial charge in [0, 0.05) is 5.56 Å². The van der Waals surface area contributed by atoms with Crippen molar-refractivity contribution < 1.29 is 23.7 Å². The largest absolute Gasteiger partial charge is 0.494 e. The zero-order valence-electron chi connectivity index (χ0n) is 18.9. The summed E-state index contributed by atoms with van der Waals surface area (Å²) in [5.41, 5.74) is 2.41. The number of rotatable bonds is 10. The predicted octanol–water partition coefficient (Wildman–Crippen LogP) is 5.17. The molecule has 1 amide bonds. The van der Waals surface area contributed by atoms with Gasteiger partial charge < -0.3 is 24.3 Å². The van der Waals surface area contributed by atoms with Crippen molar-refractivity contribution in [2.24, 2.45) is 0 Å². The van der Waals surface area contributed by atoms with Gasteiger partial charge in [-0.3, -0.25) is 4.79 Å². The van der Waals surface area contributed by atoms with Gasteiger partial charge in [-0.15, -0.1) is 0 Å². The van der Waals surface area contributed by atoms with Gasteiger partial charge in [0.1, 0.15) is 12.4 Å². The predicted molar refractivity (Wildman–Crippen MR) is 124 cm³/mol. The van der Waals surface area contributed by atoms with Crippen molar-refractivity contribution in [2.75, 3.05) is 20.8 Å². The summed E-state index contributed by atoms with van der Waals surface area (Å²) in [7, 11) is 3.07. The topological polar surface area (TPSA) is 66.0 Å². The lowest BCUT2D eigenvalue weighted by atomic mass is 10.1. The molecule has 0 radical (unpaired) electrons. The highest BCUT2D eigenvalue weighted by Crippen LogP contribution is 2.39. The van der Waals surface area contributed by atoms with E-state index in [4.69, 9.17) is 18.9 Å². The van der Waals surface area contributed by atoms with Crippen LogP contribution in [0.1, 0.15) is 41.4 Å². The molecule has 0 aliphatic carbocycles. The first kappa shape index (κ1) is 23.0. The summed E-state index contributed by atoms with van der Waals surface area (Å²) in [4.78, 5) is 12.9. The second kappa shape index (κ2) is 11.1. The Hall–Kier alpha value is -3.67. The summed E-state index contributed by atoms with van der Waals surface area (Å²) in [6, 6.07) is 20.6. The molecule has 168 valence electrons. The third kappa shape index (κ3) is 5.72. The third-order valence-corrected chi connectivity index (χ3v) is 4.99. The number of benzene rings is 3. The van der Waals surface area contributed by atoms with Crippen molar-refractivity contribution >= 4 is 5.91 Å². The van der Waals surface area contributed by atoms with Gasteiger partial charge in [0.05, 0.1) is 26.9 Å². The van der Waals surface area contributed by atoms with Crippen molar-refractivity contribution in [1.29, 1.82) is 0 Å². The molecule has 0 heterocycles. The zero-order valence-corrected chi connectivity index (χ0v) is 18.9. The second-order valence-corrected chi connectivity index (χ2v) is 7.18. The van der Waals surface area contributed by atoms with Gasteiger partial charge in [-0.25, -0.2) is 0 Å². The number of hydrogen-bond acceptors (Lipinski definition) is 5. The van der Waals surface area contributed by atoms with Crippen LogP contribution < -0.4 is 24.3 Å². The molecule has 32 heavy (non-hydrogen) atoms. The van der Waals surface area contributed by atoms with Gasteiger partial charge in [-0.1, -0.05) is 42.5 Å². The standard InChI is InChI=1S/C26H29NO5/c1-5-31-22-13-11-20(12-14-22)18(2)27-26(28)21-15-23(29-3)25(24(16-21)30-4)32-17-19-9-7-6-8-10-19/h6-16,18H,5,17H2,1-4H3,(H,27,28). The van der Waals surface area contributed by atoms with Crippen LogP contribution in [0.2, 0.25) is 0 Å². The molecule has 0 fully saturated rings. The average Bonchev–Trinajstić information content (AvgIpc) is 2.83. The van der Waals surface area contributed by atoms with Crippen LogP contribution in [0.4, 0.5) is 0 Å². The number of ether oxygens (including phenoxy) is 4. The van der Waals surface area contributed by atoms with Crippen LogP contribution in [0.3, 0.4) is 0 Å². The number of amides is 1. The Labute approximate surface area is 189 Å². The number of nitrogens with one attached hydrogen (secondary N) is 1. The quantitative estimate of drug-likeness (QED) is 0.476. The van der Waals surface area contributed by atoms with E-state index in [9.17, 15) is 4.79 Å². The van der Waals surface area contributed by atoms with Crippen LogP contribution in [0.5, 0.6) is 23.0 Å². The fourth-order valence-corrected chi connectivity index (χ4v) is 3.27. The molecule has 3 aromatic carbocycles. The Morgan fingerprint density at radius 3 is 2.09 bits per heavy atom. The van der Waals surface area contributed by atoms with Gasteiger partial charge in [0.15, 0.2) is 11.5 Å². The Bertz CT molecular complexity index is 993. The van der Waals surface area contributed by atoms with Crippen molar-refractivity contribution in [2.45, 2.75) is 26.5 Å². The van der Waals surface area contributed by atoms with Crippen molar-refractivity contribution in [3.8, 4) is 23.0 Å². The molecule has 0 saturated carbocycles. The molecule has 1 N–H and O–H groups in total. The Balaban J connectivity index is 1.75. The summed E-state index contributed by atoms with van der Waals surface area (Å²) < 4.78 is 22.4. The van der Waals surface area contributed by atoms with Crippen molar-refractivity contribution in [3.63, 3.8) is 0 Å². The van der Waals surface area contributed by atoms with Crippen LogP contribution in [-0.4, -0.2) is 26.7 Å². The molecule has 3 rings (SSSR count). The van der Waals surface area contributed by atoms with Gasteiger partial charge in [-0.05, 0) is 49.2 Å². The third-order valence-electron chi connectivity index (χ3n) is 4.99. The van der Waals surface area contributed by atoms with Crippen LogP contribution in [0, 0.1) is 0 Å². The summed E-state index contributed by atoms with van der Waals surface area (Å²) in [6.45, 7) is 4.84. The van der Waals surface area contributed by atoms with E-state index in [0.29, 0.717) is 36.0 Å². The molecule has 0 saturated heterocycles. The number of hydrogen-bond donors (Lipinski definition) is 1. The van der Waals surface area contributed by atoms with E-state index in [1.165, 1.54) is 14.2 Å². The SMILES string of the molecule is CCOc1ccc(C(C)NC(=O)c2cc(OC)c(OCc3ccccc3)c(OC)c2)cc1. The maximum atomic E-state index is 12.9. The van der Waals surface area contributed by atoms with Gasteiger partial charge in [0.2, 0.25) is 5.75 Å². The molecule has 0 spiro atoms. The molecule has 1 unspecified atom stereocenters. The summed E-state index contributed by atoms with van der Waals surface area (Å²) in [6.07, 6.45) is 0. The van der Waals surface area contributed by atoms with Crippen LogP contribution in [-0.2, 0) is 6.61 Å². The lowest BCUT2D eigenvalue weighted by Gasteiger charge is -2.18. The van der Waals surface area contributed by atoms with E-state index in [1.54, 1.807) is 12.1 Å². The zero-order chi connectivity index (χ0) is 22.9. The fraction of sp³-hybridized carbons (Fsp3) is 0.269. The van der Waals surface area contributed by atoms with Crippen molar-refractivity contribution in [1.82, 2.24) is 5.32 Å². The minimum absolute atomic E-state index is 0.191. The molecule has 1 atom stereocenters. The molecule has 0 aliphatic heterocycles. The maximum absolute atomic E-state index is 12.9. The van der Waals surface area contributed by atoms with Crippen LogP contribution in [0.15, 0.2) is 66.7 Å². The molecule has 0 bridgehead atoms. The Kier molecular flexibility index (Phi) is 7.97. The molecule has 0 aliphatic rings. The van der Waals surface area contributed by atoms with E-state index in [0.717, 1.165) is 16.9 Å². The summed E-state index contributed by atoms with van der Waals surface area (Å²) in [5, 5.41) is 3.01. The van der Waals surface area contributed by atoms with E-state index >= 15 is 0 Å². The first-order chi connectivity index (χ1) is 15.5. The van der Waals surface area contributed by atoms with E-state index in [-0.39, 0.29) is 11.9 Å². The molecule has 0 aromatic heterocycles. The normalized spacial score (nSPS) is 11.4. The van der Waals surface area contributed by atoms with Crippen LogP contribution in [0.25, 0.3) is 0 Å². The molecule has 6 heteroatoms. The highest BCUT2D eigenvalue weighted by molar-refractivity contribution is 5.95. The number of carbonyl (C=O) groups excluding carboxylic acids is 1. The first-order valence-corrected chi connectivity index (χ1v) is 10.5. The molecule has 6 nitrogen and oxygen atoms in total. The van der Waals surface area contributed by atoms with E-state index in [2.05, 4.69) is 5.32 Å². The van der Waals surface area contributed by atoms with Gasteiger partial charge >= 0.3 is 0 Å². The molecular formula is C26H29NO5. The monoisotopic (exact) mass is 435 g/mol. The fourth-order valence-electron chi connectivity index (χ4n) is 3.27. The minimum atomic E-state index is -0.238. The second-order valence-electron chi connectivity index (χ2n) is 7.18. The van der Waals surface area contributed by atoms with Crippen LogP contribution >= 0.6 is 0 Å². The Morgan fingerprint density at radius 2 is 1.53 bits per heavy atom. The molecular weight excluding hydrogens is 406 g/mol. The highest BCUT2D eigenvalue weighted by atomic mass is 16.5. The number of methoxy groups -OCH3 is 2. The van der Waals surface area contributed by atoms with Gasteiger partial charge in [0.25, 0.3) is 5.91 Å². The van der Waals surface area contributed by atoms with Crippen molar-refractivity contribution in [3.05, 3.63) is 83.4 Å². The minimum Gasteiger partial charge on any atom is -0.494 e. The first-order valence-electron chi connectivity index (χ1n) is 10.5. The summed E-state index contributed by atoms with van der Waals surface area (Å²) in [5.74, 6) is 1.88. The highest BCUT2D eigenvalue weighted by Gasteiger charge is 2.19. The maximum Gasteiger partial charge on any atom is 0.252 e. The lowest BCUT2D eigenvalue weighted by molar-refractivity contribution is 0.0939. The Morgan fingerprint density at radius 1 is 0.906 bits per heavy atom. The lowest BCUT2D eigenvalue weighted by Crippen LogP contribution is -2.26. The smallest absolute Gasteiger partial charge is 0.252 e. The summed E-state index contributed by atoms with van der Waals surface area (Å²) >= 11 is 0. The molecule has 3 aromatic rings.